The number of carbonyl (C=O) groups is 2. The van der Waals surface area contributed by atoms with Crippen molar-refractivity contribution in [3.05, 3.63) is 90.0 Å². The standard InChI is InChI=1S/C28H30N2O3/c1-29-27(32)28(19-22-9-6-12-24(16-22)23-10-4-3-5-11-23)14-15-30(20-28)26(31)18-21-8-7-13-25(17-21)33-2/h3-13,16-17H,14-15,18-20H2,1-2H3,(H,29,32)/t28-/m1/s1. The Hall–Kier alpha value is -3.60. The van der Waals surface area contributed by atoms with Crippen molar-refractivity contribution in [3.8, 4) is 16.9 Å². The molecular weight excluding hydrogens is 412 g/mol. The highest BCUT2D eigenvalue weighted by atomic mass is 16.5. The van der Waals surface area contributed by atoms with E-state index in [1.807, 2.05) is 53.4 Å². The van der Waals surface area contributed by atoms with Crippen LogP contribution in [-0.4, -0.2) is 44.0 Å². The molecule has 3 aromatic rings. The molecule has 3 aromatic carbocycles. The lowest BCUT2D eigenvalue weighted by Crippen LogP contribution is -2.44. The molecule has 1 aliphatic heterocycles. The predicted octanol–water partition coefficient (Wildman–Crippen LogP) is 4.11. The average Bonchev–Trinajstić information content (AvgIpc) is 3.29. The summed E-state index contributed by atoms with van der Waals surface area (Å²) in [5.41, 5.74) is 3.65. The van der Waals surface area contributed by atoms with E-state index >= 15 is 0 Å². The fourth-order valence-corrected chi connectivity index (χ4v) is 4.71. The van der Waals surface area contributed by atoms with Gasteiger partial charge < -0.3 is 15.0 Å². The summed E-state index contributed by atoms with van der Waals surface area (Å²) in [5, 5.41) is 2.85. The third-order valence-corrected chi connectivity index (χ3v) is 6.48. The zero-order valence-corrected chi connectivity index (χ0v) is 19.2. The highest BCUT2D eigenvalue weighted by Gasteiger charge is 2.45. The second kappa shape index (κ2) is 9.90. The Balaban J connectivity index is 1.52. The molecule has 1 N–H and O–H groups in total. The molecular formula is C28H30N2O3. The Labute approximate surface area is 195 Å². The lowest BCUT2D eigenvalue weighted by Gasteiger charge is -2.28. The van der Waals surface area contributed by atoms with Crippen molar-refractivity contribution in [1.29, 1.82) is 0 Å². The topological polar surface area (TPSA) is 58.6 Å². The number of likely N-dealkylation sites (tertiary alicyclic amines) is 1. The first-order chi connectivity index (χ1) is 16.0. The van der Waals surface area contributed by atoms with Crippen LogP contribution in [0.5, 0.6) is 5.75 Å². The van der Waals surface area contributed by atoms with Crippen molar-refractivity contribution in [1.82, 2.24) is 10.2 Å². The van der Waals surface area contributed by atoms with E-state index in [-0.39, 0.29) is 11.8 Å². The van der Waals surface area contributed by atoms with Crippen LogP contribution in [0.1, 0.15) is 17.5 Å². The molecule has 1 saturated heterocycles. The van der Waals surface area contributed by atoms with E-state index in [0.717, 1.165) is 28.0 Å². The Morgan fingerprint density at radius 2 is 1.67 bits per heavy atom. The zero-order valence-electron chi connectivity index (χ0n) is 19.2. The summed E-state index contributed by atoms with van der Waals surface area (Å²) in [6.07, 6.45) is 1.53. The van der Waals surface area contributed by atoms with Crippen molar-refractivity contribution in [2.45, 2.75) is 19.3 Å². The molecule has 1 aliphatic rings. The van der Waals surface area contributed by atoms with Crippen LogP contribution in [-0.2, 0) is 22.4 Å². The van der Waals surface area contributed by atoms with Gasteiger partial charge in [-0.1, -0.05) is 66.7 Å². The molecule has 0 radical (unpaired) electrons. The fraction of sp³-hybridized carbons (Fsp3) is 0.286. The Morgan fingerprint density at radius 1 is 0.939 bits per heavy atom. The van der Waals surface area contributed by atoms with Crippen LogP contribution in [0.25, 0.3) is 11.1 Å². The molecule has 0 bridgehead atoms. The Bertz CT molecular complexity index is 1130. The molecule has 0 spiro atoms. The van der Waals surface area contributed by atoms with Crippen molar-refractivity contribution < 1.29 is 14.3 Å². The first-order valence-electron chi connectivity index (χ1n) is 11.3. The first kappa shape index (κ1) is 22.6. The highest BCUT2D eigenvalue weighted by molar-refractivity contribution is 5.86. The van der Waals surface area contributed by atoms with Gasteiger partial charge in [0.25, 0.3) is 0 Å². The summed E-state index contributed by atoms with van der Waals surface area (Å²) >= 11 is 0. The molecule has 0 aromatic heterocycles. The number of methoxy groups -OCH3 is 1. The third-order valence-electron chi connectivity index (χ3n) is 6.48. The zero-order chi connectivity index (χ0) is 23.3. The van der Waals surface area contributed by atoms with Gasteiger partial charge in [0.15, 0.2) is 0 Å². The first-order valence-corrected chi connectivity index (χ1v) is 11.3. The van der Waals surface area contributed by atoms with E-state index < -0.39 is 5.41 Å². The molecule has 170 valence electrons. The SMILES string of the molecule is CNC(=O)[C@@]1(Cc2cccc(-c3ccccc3)c2)CCN(C(=O)Cc2cccc(OC)c2)C1. The summed E-state index contributed by atoms with van der Waals surface area (Å²) in [4.78, 5) is 27.9. The van der Waals surface area contributed by atoms with Crippen LogP contribution < -0.4 is 10.1 Å². The molecule has 1 heterocycles. The average molecular weight is 443 g/mol. The Morgan fingerprint density at radius 3 is 2.42 bits per heavy atom. The van der Waals surface area contributed by atoms with Crippen molar-refractivity contribution in [3.63, 3.8) is 0 Å². The van der Waals surface area contributed by atoms with Crippen LogP contribution in [0, 0.1) is 5.41 Å². The smallest absolute Gasteiger partial charge is 0.228 e. The van der Waals surface area contributed by atoms with E-state index in [9.17, 15) is 9.59 Å². The normalized spacial score (nSPS) is 17.6. The number of hydrogen-bond acceptors (Lipinski definition) is 3. The minimum atomic E-state index is -0.631. The lowest BCUT2D eigenvalue weighted by molar-refractivity contribution is -0.132. The number of hydrogen-bond donors (Lipinski definition) is 1. The number of carbonyl (C=O) groups excluding carboxylic acids is 2. The van der Waals surface area contributed by atoms with Crippen LogP contribution >= 0.6 is 0 Å². The maximum atomic E-state index is 13.1. The van der Waals surface area contributed by atoms with Gasteiger partial charge in [0.05, 0.1) is 18.9 Å². The maximum absolute atomic E-state index is 13.1. The quantitative estimate of drug-likeness (QED) is 0.599. The number of ether oxygens (including phenoxy) is 1. The molecule has 2 amide bonds. The molecule has 1 atom stereocenters. The summed E-state index contributed by atoms with van der Waals surface area (Å²) in [6.45, 7) is 1.000. The van der Waals surface area contributed by atoms with Crippen LogP contribution in [0.3, 0.4) is 0 Å². The maximum Gasteiger partial charge on any atom is 0.228 e. The summed E-state index contributed by atoms with van der Waals surface area (Å²) in [7, 11) is 3.29. The highest BCUT2D eigenvalue weighted by Crippen LogP contribution is 2.36. The summed E-state index contributed by atoms with van der Waals surface area (Å²) in [6, 6.07) is 26.1. The van der Waals surface area contributed by atoms with Gasteiger partial charge in [0, 0.05) is 20.1 Å². The van der Waals surface area contributed by atoms with Gasteiger partial charge in [-0.2, -0.15) is 0 Å². The Kier molecular flexibility index (Phi) is 6.78. The molecule has 33 heavy (non-hydrogen) atoms. The van der Waals surface area contributed by atoms with Gasteiger partial charge in [-0.3, -0.25) is 9.59 Å². The summed E-state index contributed by atoms with van der Waals surface area (Å²) in [5.74, 6) is 0.760. The third kappa shape index (κ3) is 5.08. The number of nitrogens with zero attached hydrogens (tertiary/aromatic N) is 1. The van der Waals surface area contributed by atoms with E-state index in [0.29, 0.717) is 32.4 Å². The van der Waals surface area contributed by atoms with E-state index in [4.69, 9.17) is 4.74 Å². The predicted molar refractivity (Wildman–Crippen MR) is 130 cm³/mol. The molecule has 0 unspecified atom stereocenters. The van der Waals surface area contributed by atoms with Crippen molar-refractivity contribution in [2.75, 3.05) is 27.2 Å². The molecule has 5 nitrogen and oxygen atoms in total. The van der Waals surface area contributed by atoms with Gasteiger partial charge in [0.1, 0.15) is 5.75 Å². The minimum Gasteiger partial charge on any atom is -0.497 e. The van der Waals surface area contributed by atoms with Gasteiger partial charge >= 0.3 is 0 Å². The van der Waals surface area contributed by atoms with Gasteiger partial charge in [-0.25, -0.2) is 0 Å². The monoisotopic (exact) mass is 442 g/mol. The van der Waals surface area contributed by atoms with Crippen molar-refractivity contribution >= 4 is 11.8 Å². The van der Waals surface area contributed by atoms with E-state index in [1.54, 1.807) is 14.2 Å². The molecule has 5 heteroatoms. The van der Waals surface area contributed by atoms with Crippen molar-refractivity contribution in [2.24, 2.45) is 5.41 Å². The number of amides is 2. The molecule has 0 aliphatic carbocycles. The van der Waals surface area contributed by atoms with E-state index in [1.165, 1.54) is 0 Å². The van der Waals surface area contributed by atoms with Crippen LogP contribution in [0.4, 0.5) is 0 Å². The van der Waals surface area contributed by atoms with E-state index in [2.05, 4.69) is 35.6 Å². The number of rotatable bonds is 7. The van der Waals surface area contributed by atoms with Gasteiger partial charge in [0.2, 0.25) is 11.8 Å². The number of benzene rings is 3. The lowest BCUT2D eigenvalue weighted by atomic mass is 9.79. The second-order valence-corrected chi connectivity index (χ2v) is 8.70. The second-order valence-electron chi connectivity index (χ2n) is 8.70. The van der Waals surface area contributed by atoms with Gasteiger partial charge in [-0.05, 0) is 47.2 Å². The van der Waals surface area contributed by atoms with Crippen LogP contribution in [0.2, 0.25) is 0 Å². The van der Waals surface area contributed by atoms with Gasteiger partial charge in [-0.15, -0.1) is 0 Å². The molecule has 0 saturated carbocycles. The number of nitrogens with one attached hydrogen (secondary N) is 1. The minimum absolute atomic E-state index is 0.00991. The largest absolute Gasteiger partial charge is 0.497 e. The fourth-order valence-electron chi connectivity index (χ4n) is 4.71. The van der Waals surface area contributed by atoms with Crippen LogP contribution in [0.15, 0.2) is 78.9 Å². The molecule has 4 rings (SSSR count). The molecule has 1 fully saturated rings. The summed E-state index contributed by atoms with van der Waals surface area (Å²) < 4.78 is 5.27.